The van der Waals surface area contributed by atoms with Crippen LogP contribution in [0.1, 0.15) is 52.0 Å². The zero-order valence-corrected chi connectivity index (χ0v) is 12.3. The smallest absolute Gasteiger partial charge is 0.326 e. The molecule has 1 aromatic heterocycles. The number of rotatable bonds is 6. The Morgan fingerprint density at radius 2 is 2.40 bits per heavy atom. The van der Waals surface area contributed by atoms with Gasteiger partial charge in [-0.15, -0.1) is 0 Å². The summed E-state index contributed by atoms with van der Waals surface area (Å²) in [5.74, 6) is -0.127. The van der Waals surface area contributed by atoms with E-state index in [1.807, 2.05) is 11.6 Å². The monoisotopic (exact) mass is 280 g/mol. The van der Waals surface area contributed by atoms with E-state index in [2.05, 4.69) is 22.3 Å². The minimum Gasteiger partial charge on any atom is -0.465 e. The maximum absolute atomic E-state index is 12.4. The van der Waals surface area contributed by atoms with Gasteiger partial charge < -0.3 is 10.1 Å². The number of hydrogen-bond donors (Lipinski definition) is 1. The van der Waals surface area contributed by atoms with Crippen LogP contribution < -0.4 is 5.32 Å². The predicted molar refractivity (Wildman–Crippen MR) is 75.2 cm³/mol. The Balaban J connectivity index is 2.15. The van der Waals surface area contributed by atoms with Crippen LogP contribution in [0, 0.1) is 0 Å². The minimum atomic E-state index is -0.569. The predicted octanol–water partition coefficient (Wildman–Crippen LogP) is 1.69. The second-order valence-corrected chi connectivity index (χ2v) is 5.36. The van der Waals surface area contributed by atoms with Gasteiger partial charge in [-0.1, -0.05) is 6.92 Å². The molecule has 1 aromatic rings. The summed E-state index contributed by atoms with van der Waals surface area (Å²) in [6.45, 7) is 5.19. The van der Waals surface area contributed by atoms with Crippen molar-refractivity contribution in [2.75, 3.05) is 13.2 Å². The van der Waals surface area contributed by atoms with Crippen LogP contribution in [0.2, 0.25) is 0 Å². The molecule has 0 saturated heterocycles. The summed E-state index contributed by atoms with van der Waals surface area (Å²) in [7, 11) is 0. The Kier molecular flexibility index (Phi) is 5.11. The molecule has 1 heterocycles. The van der Waals surface area contributed by atoms with Crippen LogP contribution in [-0.4, -0.2) is 39.4 Å². The fourth-order valence-corrected chi connectivity index (χ4v) is 2.93. The van der Waals surface area contributed by atoms with Gasteiger partial charge in [-0.05, 0) is 45.6 Å². The van der Waals surface area contributed by atoms with Gasteiger partial charge in [-0.3, -0.25) is 4.79 Å². The molecule has 2 rings (SSSR count). The molecule has 0 amide bonds. The highest BCUT2D eigenvalue weighted by Gasteiger charge is 2.44. The highest BCUT2D eigenvalue weighted by Crippen LogP contribution is 2.36. The second-order valence-electron chi connectivity index (χ2n) is 5.36. The van der Waals surface area contributed by atoms with E-state index in [9.17, 15) is 4.79 Å². The molecule has 0 aliphatic heterocycles. The molecule has 1 saturated carbocycles. The van der Waals surface area contributed by atoms with Crippen LogP contribution in [-0.2, 0) is 9.53 Å². The van der Waals surface area contributed by atoms with Crippen LogP contribution in [0.3, 0.4) is 0 Å². The summed E-state index contributed by atoms with van der Waals surface area (Å²) in [5.41, 5.74) is -0.569. The van der Waals surface area contributed by atoms with Gasteiger partial charge in [-0.2, -0.15) is 5.10 Å². The summed E-state index contributed by atoms with van der Waals surface area (Å²) < 4.78 is 7.16. The molecule has 1 N–H and O–H groups in total. The Labute approximate surface area is 119 Å². The number of carbonyl (C=O) groups is 1. The molecule has 1 aliphatic carbocycles. The SMILES string of the molecule is CCCNC1(C(=O)OCC)CCCC(n2cncn2)C1. The van der Waals surface area contributed by atoms with E-state index in [1.54, 1.807) is 12.7 Å². The topological polar surface area (TPSA) is 69.0 Å². The van der Waals surface area contributed by atoms with Gasteiger partial charge in [-0.25, -0.2) is 9.67 Å². The first-order valence-electron chi connectivity index (χ1n) is 7.48. The van der Waals surface area contributed by atoms with Crippen molar-refractivity contribution in [2.24, 2.45) is 0 Å². The summed E-state index contributed by atoms with van der Waals surface area (Å²) in [6, 6.07) is 0.208. The first-order valence-corrected chi connectivity index (χ1v) is 7.48. The van der Waals surface area contributed by atoms with Crippen LogP contribution >= 0.6 is 0 Å². The van der Waals surface area contributed by atoms with Crippen molar-refractivity contribution >= 4 is 5.97 Å². The summed E-state index contributed by atoms with van der Waals surface area (Å²) in [4.78, 5) is 16.4. The summed E-state index contributed by atoms with van der Waals surface area (Å²) in [6.07, 6.45) is 7.82. The molecule has 1 fully saturated rings. The van der Waals surface area contributed by atoms with Gasteiger partial charge in [0, 0.05) is 0 Å². The first kappa shape index (κ1) is 15.0. The van der Waals surface area contributed by atoms with Gasteiger partial charge in [0.2, 0.25) is 0 Å². The molecule has 2 atom stereocenters. The van der Waals surface area contributed by atoms with Crippen molar-refractivity contribution < 1.29 is 9.53 Å². The van der Waals surface area contributed by atoms with E-state index in [0.717, 1.165) is 38.6 Å². The summed E-state index contributed by atoms with van der Waals surface area (Å²) >= 11 is 0. The molecule has 0 bridgehead atoms. The molecule has 0 radical (unpaired) electrons. The van der Waals surface area contributed by atoms with Crippen molar-refractivity contribution in [3.05, 3.63) is 12.7 Å². The Morgan fingerprint density at radius 3 is 3.05 bits per heavy atom. The average Bonchev–Trinajstić information content (AvgIpc) is 3.00. The Morgan fingerprint density at radius 1 is 1.55 bits per heavy atom. The number of hydrogen-bond acceptors (Lipinski definition) is 5. The first-order chi connectivity index (χ1) is 9.72. The number of esters is 1. The van der Waals surface area contributed by atoms with E-state index in [0.29, 0.717) is 6.61 Å². The fraction of sp³-hybridized carbons (Fsp3) is 0.786. The Hall–Kier alpha value is -1.43. The average molecular weight is 280 g/mol. The largest absolute Gasteiger partial charge is 0.465 e. The number of nitrogens with zero attached hydrogens (tertiary/aromatic N) is 3. The summed E-state index contributed by atoms with van der Waals surface area (Å²) in [5, 5.41) is 7.64. The van der Waals surface area contributed by atoms with Crippen LogP contribution in [0.4, 0.5) is 0 Å². The lowest BCUT2D eigenvalue weighted by molar-refractivity contribution is -0.153. The standard InChI is InChI=1S/C14H24N4O2/c1-3-8-16-14(13(19)20-4-2)7-5-6-12(9-14)18-11-15-10-17-18/h10-12,16H,3-9H2,1-2H3. The third-order valence-electron chi connectivity index (χ3n) is 3.92. The number of nitrogens with one attached hydrogen (secondary N) is 1. The maximum atomic E-state index is 12.4. The van der Waals surface area contributed by atoms with Crippen LogP contribution in [0.5, 0.6) is 0 Å². The van der Waals surface area contributed by atoms with Crippen molar-refractivity contribution in [2.45, 2.75) is 57.5 Å². The lowest BCUT2D eigenvalue weighted by Crippen LogP contribution is -2.56. The van der Waals surface area contributed by atoms with Crippen molar-refractivity contribution in [3.63, 3.8) is 0 Å². The molecule has 0 spiro atoms. The minimum absolute atomic E-state index is 0.127. The molecular formula is C14H24N4O2. The normalized spacial score (nSPS) is 26.4. The third-order valence-corrected chi connectivity index (χ3v) is 3.92. The maximum Gasteiger partial charge on any atom is 0.326 e. The van der Waals surface area contributed by atoms with Crippen LogP contribution in [0.15, 0.2) is 12.7 Å². The number of ether oxygens (including phenoxy) is 1. The zero-order valence-electron chi connectivity index (χ0n) is 12.3. The molecule has 6 heteroatoms. The second kappa shape index (κ2) is 6.83. The fourth-order valence-electron chi connectivity index (χ4n) is 2.93. The zero-order chi connectivity index (χ0) is 14.4. The molecule has 6 nitrogen and oxygen atoms in total. The van der Waals surface area contributed by atoms with Crippen molar-refractivity contribution in [1.29, 1.82) is 0 Å². The van der Waals surface area contributed by atoms with E-state index < -0.39 is 5.54 Å². The van der Waals surface area contributed by atoms with Gasteiger partial charge in [0.15, 0.2) is 0 Å². The van der Waals surface area contributed by atoms with Gasteiger partial charge in [0.05, 0.1) is 12.6 Å². The molecule has 20 heavy (non-hydrogen) atoms. The van der Waals surface area contributed by atoms with E-state index in [1.165, 1.54) is 0 Å². The van der Waals surface area contributed by atoms with E-state index >= 15 is 0 Å². The molecule has 112 valence electrons. The molecule has 1 aliphatic rings. The molecule has 0 aromatic carbocycles. The molecular weight excluding hydrogens is 256 g/mol. The van der Waals surface area contributed by atoms with E-state index in [4.69, 9.17) is 4.74 Å². The number of aromatic nitrogens is 3. The highest BCUT2D eigenvalue weighted by molar-refractivity contribution is 5.81. The Bertz CT molecular complexity index is 421. The van der Waals surface area contributed by atoms with Gasteiger partial charge in [0.1, 0.15) is 18.2 Å². The third kappa shape index (κ3) is 3.17. The van der Waals surface area contributed by atoms with Crippen molar-refractivity contribution in [1.82, 2.24) is 20.1 Å². The van der Waals surface area contributed by atoms with E-state index in [-0.39, 0.29) is 12.0 Å². The van der Waals surface area contributed by atoms with Crippen LogP contribution in [0.25, 0.3) is 0 Å². The number of carbonyl (C=O) groups excluding carboxylic acids is 1. The van der Waals surface area contributed by atoms with Gasteiger partial charge in [0.25, 0.3) is 0 Å². The molecule has 2 unspecified atom stereocenters. The quantitative estimate of drug-likeness (QED) is 0.803. The van der Waals surface area contributed by atoms with Crippen molar-refractivity contribution in [3.8, 4) is 0 Å². The van der Waals surface area contributed by atoms with Gasteiger partial charge >= 0.3 is 5.97 Å². The lowest BCUT2D eigenvalue weighted by Gasteiger charge is -2.39. The lowest BCUT2D eigenvalue weighted by atomic mass is 9.78. The highest BCUT2D eigenvalue weighted by atomic mass is 16.5.